The molecule has 1 aliphatic heterocycles. The summed E-state index contributed by atoms with van der Waals surface area (Å²) in [5, 5.41) is 11.6. The number of halogens is 1. The van der Waals surface area contributed by atoms with E-state index in [0.717, 1.165) is 11.3 Å². The van der Waals surface area contributed by atoms with Crippen LogP contribution in [0.2, 0.25) is 5.02 Å². The lowest BCUT2D eigenvalue weighted by Crippen LogP contribution is -2.45. The van der Waals surface area contributed by atoms with Gasteiger partial charge in [0.25, 0.3) is 5.91 Å². The zero-order valence-corrected chi connectivity index (χ0v) is 15.6. The molecule has 1 aliphatic rings. The van der Waals surface area contributed by atoms with E-state index >= 15 is 0 Å². The van der Waals surface area contributed by atoms with E-state index in [0.29, 0.717) is 36.5 Å². The Morgan fingerprint density at radius 2 is 1.63 bits per heavy atom. The van der Waals surface area contributed by atoms with Crippen LogP contribution in [-0.2, 0) is 5.60 Å². The molecule has 0 bridgehead atoms. The topological polar surface area (TPSA) is 45.5 Å². The molecular weight excluding hydrogens is 360 g/mol. The van der Waals surface area contributed by atoms with Crippen molar-refractivity contribution in [1.29, 1.82) is 0 Å². The Bertz CT molecular complexity index is 927. The number of likely N-dealkylation sites (tertiary alicyclic amines) is 1. The van der Waals surface area contributed by atoms with Gasteiger partial charge in [0.05, 0.1) is 5.60 Å². The minimum atomic E-state index is -0.908. The number of nitrogens with zero attached hydrogens (tertiary/aromatic N) is 2. The molecule has 0 saturated carbocycles. The van der Waals surface area contributed by atoms with Gasteiger partial charge in [0, 0.05) is 41.8 Å². The number of hydrogen-bond acceptors (Lipinski definition) is 2. The summed E-state index contributed by atoms with van der Waals surface area (Å²) in [4.78, 5) is 14.7. The van der Waals surface area contributed by atoms with Crippen molar-refractivity contribution in [3.8, 4) is 5.69 Å². The molecule has 5 heteroatoms. The van der Waals surface area contributed by atoms with Gasteiger partial charge in [-0.2, -0.15) is 0 Å². The van der Waals surface area contributed by atoms with E-state index in [9.17, 15) is 9.90 Å². The predicted molar refractivity (Wildman–Crippen MR) is 106 cm³/mol. The molecule has 1 aromatic heterocycles. The minimum Gasteiger partial charge on any atom is -0.385 e. The monoisotopic (exact) mass is 380 g/mol. The average Bonchev–Trinajstić information content (AvgIpc) is 3.23. The number of carbonyl (C=O) groups excluding carboxylic acids is 1. The zero-order chi connectivity index (χ0) is 18.9. The summed E-state index contributed by atoms with van der Waals surface area (Å²) in [6.45, 7) is 1.04. The number of aliphatic hydroxyl groups is 1. The molecule has 0 spiro atoms. The Hall–Kier alpha value is -2.56. The number of piperidine rings is 1. The lowest BCUT2D eigenvalue weighted by atomic mass is 9.84. The fourth-order valence-corrected chi connectivity index (χ4v) is 3.74. The molecule has 0 unspecified atom stereocenters. The van der Waals surface area contributed by atoms with Gasteiger partial charge >= 0.3 is 0 Å². The van der Waals surface area contributed by atoms with Crippen LogP contribution in [-0.4, -0.2) is 33.6 Å². The number of carbonyl (C=O) groups is 1. The van der Waals surface area contributed by atoms with Gasteiger partial charge in [0.2, 0.25) is 0 Å². The van der Waals surface area contributed by atoms with E-state index in [1.54, 1.807) is 12.1 Å². The number of benzene rings is 2. The van der Waals surface area contributed by atoms with Crippen LogP contribution in [0.25, 0.3) is 5.69 Å². The summed E-state index contributed by atoms with van der Waals surface area (Å²) in [5.74, 6) is 0.00200. The molecule has 4 nitrogen and oxygen atoms in total. The van der Waals surface area contributed by atoms with E-state index in [-0.39, 0.29) is 5.91 Å². The summed E-state index contributed by atoms with van der Waals surface area (Å²) in [6.07, 6.45) is 4.93. The third-order valence-electron chi connectivity index (χ3n) is 5.26. The van der Waals surface area contributed by atoms with Crippen LogP contribution in [0.4, 0.5) is 0 Å². The van der Waals surface area contributed by atoms with E-state index in [1.807, 2.05) is 70.4 Å². The molecule has 4 rings (SSSR count). The molecule has 2 heterocycles. The van der Waals surface area contributed by atoms with Gasteiger partial charge in [0.1, 0.15) is 0 Å². The minimum absolute atomic E-state index is 0.00200. The Morgan fingerprint density at radius 1 is 0.963 bits per heavy atom. The average molecular weight is 381 g/mol. The van der Waals surface area contributed by atoms with Crippen molar-refractivity contribution in [1.82, 2.24) is 9.47 Å². The Kier molecular flexibility index (Phi) is 4.77. The Balaban J connectivity index is 1.47. The number of rotatable bonds is 3. The molecule has 3 aromatic rings. The molecule has 27 heavy (non-hydrogen) atoms. The number of aromatic nitrogens is 1. The highest BCUT2D eigenvalue weighted by molar-refractivity contribution is 6.30. The largest absolute Gasteiger partial charge is 0.385 e. The quantitative estimate of drug-likeness (QED) is 0.738. The standard InChI is InChI=1S/C22H21ClN2O2/c23-19-8-6-18(7-9-19)22(27)10-14-25(15-11-22)21(26)17-4-3-5-20(16-17)24-12-1-2-13-24/h1-9,12-13,16,27H,10-11,14-15H2. The molecule has 1 saturated heterocycles. The van der Waals surface area contributed by atoms with Crippen molar-refractivity contribution in [2.45, 2.75) is 18.4 Å². The maximum Gasteiger partial charge on any atom is 0.253 e. The fourth-order valence-electron chi connectivity index (χ4n) is 3.62. The van der Waals surface area contributed by atoms with Gasteiger partial charge in [0.15, 0.2) is 0 Å². The van der Waals surface area contributed by atoms with Crippen LogP contribution >= 0.6 is 11.6 Å². The second-order valence-corrected chi connectivity index (χ2v) is 7.41. The molecule has 1 amide bonds. The highest BCUT2D eigenvalue weighted by Crippen LogP contribution is 2.33. The van der Waals surface area contributed by atoms with Crippen molar-refractivity contribution >= 4 is 17.5 Å². The van der Waals surface area contributed by atoms with Gasteiger partial charge in [-0.05, 0) is 60.9 Å². The first-order valence-electron chi connectivity index (χ1n) is 9.06. The molecule has 2 aromatic carbocycles. The van der Waals surface area contributed by atoms with Crippen LogP contribution < -0.4 is 0 Å². The van der Waals surface area contributed by atoms with Gasteiger partial charge in [-0.1, -0.05) is 29.8 Å². The first-order chi connectivity index (χ1) is 13.0. The normalized spacial score (nSPS) is 16.3. The van der Waals surface area contributed by atoms with Crippen LogP contribution in [0.15, 0.2) is 73.1 Å². The Morgan fingerprint density at radius 3 is 2.30 bits per heavy atom. The van der Waals surface area contributed by atoms with Crippen LogP contribution in [0.1, 0.15) is 28.8 Å². The summed E-state index contributed by atoms with van der Waals surface area (Å²) in [5.41, 5.74) is 1.57. The predicted octanol–water partition coefficient (Wildman–Crippen LogP) is 4.25. The smallest absolute Gasteiger partial charge is 0.253 e. The first-order valence-corrected chi connectivity index (χ1v) is 9.44. The molecule has 0 atom stereocenters. The molecule has 0 radical (unpaired) electrons. The molecule has 1 N–H and O–H groups in total. The van der Waals surface area contributed by atoms with Gasteiger partial charge < -0.3 is 14.6 Å². The fraction of sp³-hybridized carbons (Fsp3) is 0.227. The maximum absolute atomic E-state index is 12.9. The van der Waals surface area contributed by atoms with Crippen LogP contribution in [0.3, 0.4) is 0 Å². The third kappa shape index (κ3) is 3.64. The molecule has 0 aliphatic carbocycles. The van der Waals surface area contributed by atoms with Crippen molar-refractivity contribution in [2.75, 3.05) is 13.1 Å². The van der Waals surface area contributed by atoms with Gasteiger partial charge in [-0.25, -0.2) is 0 Å². The molecule has 1 fully saturated rings. The SMILES string of the molecule is O=C(c1cccc(-n2cccc2)c1)N1CCC(O)(c2ccc(Cl)cc2)CC1. The lowest BCUT2D eigenvalue weighted by Gasteiger charge is -2.38. The highest BCUT2D eigenvalue weighted by atomic mass is 35.5. The van der Waals surface area contributed by atoms with Crippen LogP contribution in [0, 0.1) is 0 Å². The molecular formula is C22H21ClN2O2. The Labute approximate surface area is 163 Å². The van der Waals surface area contributed by atoms with E-state index in [1.165, 1.54) is 0 Å². The van der Waals surface area contributed by atoms with Gasteiger partial charge in [-0.15, -0.1) is 0 Å². The van der Waals surface area contributed by atoms with Crippen LogP contribution in [0.5, 0.6) is 0 Å². The van der Waals surface area contributed by atoms with Gasteiger partial charge in [-0.3, -0.25) is 4.79 Å². The second kappa shape index (κ2) is 7.22. The number of hydrogen-bond donors (Lipinski definition) is 1. The van der Waals surface area contributed by atoms with Crippen molar-refractivity contribution in [3.63, 3.8) is 0 Å². The summed E-state index contributed by atoms with van der Waals surface area (Å²) < 4.78 is 1.98. The van der Waals surface area contributed by atoms with E-state index < -0.39 is 5.60 Å². The maximum atomic E-state index is 12.9. The molecule has 138 valence electrons. The summed E-state index contributed by atoms with van der Waals surface area (Å²) >= 11 is 5.94. The summed E-state index contributed by atoms with van der Waals surface area (Å²) in [6, 6.07) is 18.8. The van der Waals surface area contributed by atoms with Crippen molar-refractivity contribution < 1.29 is 9.90 Å². The van der Waals surface area contributed by atoms with E-state index in [4.69, 9.17) is 11.6 Å². The lowest BCUT2D eigenvalue weighted by molar-refractivity contribution is -0.0211. The zero-order valence-electron chi connectivity index (χ0n) is 14.9. The summed E-state index contributed by atoms with van der Waals surface area (Å²) in [7, 11) is 0. The number of amides is 1. The van der Waals surface area contributed by atoms with E-state index in [2.05, 4.69) is 0 Å². The first kappa shape index (κ1) is 17.8. The third-order valence-corrected chi connectivity index (χ3v) is 5.51. The second-order valence-electron chi connectivity index (χ2n) is 6.97. The van der Waals surface area contributed by atoms with Crippen molar-refractivity contribution in [2.24, 2.45) is 0 Å². The van der Waals surface area contributed by atoms with Crippen molar-refractivity contribution in [3.05, 3.63) is 89.2 Å². The highest BCUT2D eigenvalue weighted by Gasteiger charge is 2.35.